The summed E-state index contributed by atoms with van der Waals surface area (Å²) >= 11 is 6.37. The molecule has 1 aromatic carbocycles. The summed E-state index contributed by atoms with van der Waals surface area (Å²) in [5, 5.41) is 8.60. The molecule has 282 valence electrons. The van der Waals surface area contributed by atoms with Crippen molar-refractivity contribution in [3.05, 3.63) is 46.5 Å². The van der Waals surface area contributed by atoms with Crippen LogP contribution in [0.3, 0.4) is 0 Å². The lowest BCUT2D eigenvalue weighted by Gasteiger charge is -2.30. The van der Waals surface area contributed by atoms with Crippen LogP contribution in [0.4, 0.5) is 9.59 Å². The van der Waals surface area contributed by atoms with Crippen molar-refractivity contribution in [1.29, 1.82) is 0 Å². The number of benzene rings is 1. The molecule has 6 amide bonds. The first-order valence-corrected chi connectivity index (χ1v) is 20.5. The highest BCUT2D eigenvalue weighted by Crippen LogP contribution is 2.46. The van der Waals surface area contributed by atoms with E-state index in [0.29, 0.717) is 43.7 Å². The van der Waals surface area contributed by atoms with Crippen LogP contribution in [0.25, 0.3) is 0 Å². The van der Waals surface area contributed by atoms with E-state index in [1.807, 2.05) is 24.3 Å². The van der Waals surface area contributed by atoms with Crippen LogP contribution in [0.15, 0.2) is 30.4 Å². The van der Waals surface area contributed by atoms with Gasteiger partial charge in [0.2, 0.25) is 21.8 Å². The number of nitrogens with one attached hydrogen (secondary N) is 4. The van der Waals surface area contributed by atoms with Gasteiger partial charge in [0.05, 0.1) is 18.3 Å². The zero-order valence-electron chi connectivity index (χ0n) is 29.1. The number of amides is 6. The number of hydrogen-bond donors (Lipinski definition) is 4. The zero-order valence-corrected chi connectivity index (χ0v) is 30.7. The van der Waals surface area contributed by atoms with Gasteiger partial charge in [0.15, 0.2) is 0 Å². The Labute approximate surface area is 308 Å². The Morgan fingerprint density at radius 1 is 0.962 bits per heavy atom. The standard InChI is InChI=1S/C36H47ClN6O8S/c37-28-13-8-9-22-19-42(21-27(22)28)35(48)51-25-17-30-31(44)40-36(33(46)41-52(49,50)26-15-16-26)18-23(36)10-4-2-1-3-5-14-29(32(45)43(30)20-25)39-34(47)38-24-11-6-7-12-24/h4,8-10,13,23-26,29-30H,1-3,5-7,11-12,14-21H2,(H,40,44)(H,41,46)(H2,38,39,47)/b10-4-/t23-,25+,29-,30?,36+/m0/s1. The quantitative estimate of drug-likeness (QED) is 0.319. The second-order valence-corrected chi connectivity index (χ2v) is 17.5. The lowest BCUT2D eigenvalue weighted by molar-refractivity contribution is -0.141. The Morgan fingerprint density at radius 2 is 1.73 bits per heavy atom. The largest absolute Gasteiger partial charge is 0.444 e. The van der Waals surface area contributed by atoms with Gasteiger partial charge in [0, 0.05) is 29.9 Å². The van der Waals surface area contributed by atoms with Gasteiger partial charge in [-0.15, -0.1) is 0 Å². The maximum absolute atomic E-state index is 14.4. The van der Waals surface area contributed by atoms with Crippen molar-refractivity contribution >= 4 is 51.5 Å². The second-order valence-electron chi connectivity index (χ2n) is 15.1. The molecule has 0 aromatic heterocycles. The summed E-state index contributed by atoms with van der Waals surface area (Å²) in [6.45, 7) is 0.448. The fraction of sp³-hybridized carbons (Fsp3) is 0.639. The Kier molecular flexibility index (Phi) is 10.4. The average molecular weight is 759 g/mol. The molecule has 7 rings (SSSR count). The van der Waals surface area contributed by atoms with Crippen LogP contribution >= 0.6 is 11.6 Å². The maximum atomic E-state index is 14.4. The minimum Gasteiger partial charge on any atom is -0.444 e. The first kappa shape index (κ1) is 36.5. The number of carbonyl (C=O) groups excluding carboxylic acids is 5. The third kappa shape index (κ3) is 7.90. The van der Waals surface area contributed by atoms with Crippen LogP contribution in [-0.4, -0.2) is 89.6 Å². The van der Waals surface area contributed by atoms with E-state index in [1.54, 1.807) is 6.07 Å². The van der Waals surface area contributed by atoms with Crippen molar-refractivity contribution in [3.63, 3.8) is 0 Å². The molecular weight excluding hydrogens is 712 g/mol. The summed E-state index contributed by atoms with van der Waals surface area (Å²) in [4.78, 5) is 71.7. The van der Waals surface area contributed by atoms with Gasteiger partial charge in [-0.25, -0.2) is 18.0 Å². The first-order valence-electron chi connectivity index (χ1n) is 18.6. The number of sulfonamides is 1. The monoisotopic (exact) mass is 758 g/mol. The molecule has 6 aliphatic rings. The summed E-state index contributed by atoms with van der Waals surface area (Å²) in [6, 6.07) is 2.94. The molecule has 5 atom stereocenters. The molecule has 0 bridgehead atoms. The summed E-state index contributed by atoms with van der Waals surface area (Å²) in [7, 11) is -3.89. The number of fused-ring (bicyclic) bond motifs is 3. The van der Waals surface area contributed by atoms with E-state index in [9.17, 15) is 32.4 Å². The number of hydrogen-bond acceptors (Lipinski definition) is 8. The van der Waals surface area contributed by atoms with Gasteiger partial charge in [0.1, 0.15) is 23.7 Å². The molecule has 16 heteroatoms. The molecule has 4 fully saturated rings. The average Bonchev–Trinajstić information content (AvgIpc) is 3.88. The summed E-state index contributed by atoms with van der Waals surface area (Å²) in [6.07, 6.45) is 10.4. The maximum Gasteiger partial charge on any atom is 0.410 e. The van der Waals surface area contributed by atoms with Gasteiger partial charge in [0.25, 0.3) is 5.91 Å². The molecule has 3 aliphatic carbocycles. The lowest BCUT2D eigenvalue weighted by atomic mass is 10.0. The molecule has 1 saturated heterocycles. The highest BCUT2D eigenvalue weighted by Gasteiger charge is 2.62. The molecule has 52 heavy (non-hydrogen) atoms. The normalized spacial score (nSPS) is 30.2. The van der Waals surface area contributed by atoms with Gasteiger partial charge in [-0.1, -0.05) is 61.6 Å². The van der Waals surface area contributed by atoms with Gasteiger partial charge in [-0.3, -0.25) is 24.0 Å². The van der Waals surface area contributed by atoms with Crippen LogP contribution in [0.5, 0.6) is 0 Å². The zero-order chi connectivity index (χ0) is 36.6. The molecule has 0 spiro atoms. The molecular formula is C36H47ClN6O8S. The Hall–Kier alpha value is -3.85. The van der Waals surface area contributed by atoms with E-state index in [0.717, 1.165) is 49.7 Å². The Bertz CT molecular complexity index is 1750. The van der Waals surface area contributed by atoms with E-state index < -0.39 is 74.8 Å². The van der Waals surface area contributed by atoms with Crippen molar-refractivity contribution in [1.82, 2.24) is 30.5 Å². The number of halogens is 1. The summed E-state index contributed by atoms with van der Waals surface area (Å²) < 4.78 is 33.7. The van der Waals surface area contributed by atoms with E-state index in [1.165, 1.54) is 9.80 Å². The second kappa shape index (κ2) is 14.9. The molecule has 4 N–H and O–H groups in total. The van der Waals surface area contributed by atoms with Gasteiger partial charge in [-0.05, 0) is 68.6 Å². The third-order valence-electron chi connectivity index (χ3n) is 11.3. The SMILES string of the molecule is O=C(NC1CCCC1)N[C@H]1CCCCC/C=C\[C@H]2C[C@@]2(C(=O)NS(=O)(=O)C2CC2)NC(=O)C2C[C@@H](OC(=O)N3Cc4cccc(Cl)c4C3)CN2C1=O. The fourth-order valence-electron chi connectivity index (χ4n) is 8.03. The molecule has 3 heterocycles. The van der Waals surface area contributed by atoms with Crippen LogP contribution in [-0.2, 0) is 42.2 Å². The number of nitrogens with zero attached hydrogens (tertiary/aromatic N) is 2. The topological polar surface area (TPSA) is 183 Å². The smallest absolute Gasteiger partial charge is 0.410 e. The number of ether oxygens (including phenoxy) is 1. The van der Waals surface area contributed by atoms with Crippen molar-refractivity contribution in [2.45, 2.75) is 132 Å². The molecule has 1 unspecified atom stereocenters. The summed E-state index contributed by atoms with van der Waals surface area (Å²) in [5.74, 6) is -2.39. The number of carbonyl (C=O) groups is 5. The number of allylic oxidation sites excluding steroid dienone is 1. The number of urea groups is 1. The van der Waals surface area contributed by atoms with Crippen molar-refractivity contribution in [2.75, 3.05) is 6.54 Å². The predicted molar refractivity (Wildman–Crippen MR) is 190 cm³/mol. The van der Waals surface area contributed by atoms with Crippen LogP contribution in [0.1, 0.15) is 94.6 Å². The molecule has 3 aliphatic heterocycles. The fourth-order valence-corrected chi connectivity index (χ4v) is 9.65. The Morgan fingerprint density at radius 3 is 2.48 bits per heavy atom. The van der Waals surface area contributed by atoms with E-state index in [4.69, 9.17) is 16.3 Å². The van der Waals surface area contributed by atoms with Crippen molar-refractivity contribution in [3.8, 4) is 0 Å². The minimum absolute atomic E-state index is 0.0300. The van der Waals surface area contributed by atoms with Crippen molar-refractivity contribution in [2.24, 2.45) is 5.92 Å². The molecule has 1 aromatic rings. The molecule has 0 radical (unpaired) electrons. The van der Waals surface area contributed by atoms with E-state index >= 15 is 0 Å². The lowest BCUT2D eigenvalue weighted by Crippen LogP contribution is -2.59. The third-order valence-corrected chi connectivity index (χ3v) is 13.5. The predicted octanol–water partition coefficient (Wildman–Crippen LogP) is 3.38. The van der Waals surface area contributed by atoms with Crippen LogP contribution in [0, 0.1) is 5.92 Å². The minimum atomic E-state index is -3.89. The highest BCUT2D eigenvalue weighted by atomic mass is 35.5. The van der Waals surface area contributed by atoms with E-state index in [2.05, 4.69) is 20.7 Å². The van der Waals surface area contributed by atoms with Gasteiger partial charge >= 0.3 is 12.1 Å². The van der Waals surface area contributed by atoms with Crippen LogP contribution in [0.2, 0.25) is 5.02 Å². The van der Waals surface area contributed by atoms with Gasteiger partial charge < -0.3 is 25.6 Å². The first-order chi connectivity index (χ1) is 24.9. The molecule has 14 nitrogen and oxygen atoms in total. The molecule has 3 saturated carbocycles. The van der Waals surface area contributed by atoms with Crippen LogP contribution < -0.4 is 20.7 Å². The van der Waals surface area contributed by atoms with Gasteiger partial charge in [-0.2, -0.15) is 0 Å². The number of rotatable bonds is 6. The van der Waals surface area contributed by atoms with Crippen molar-refractivity contribution < 1.29 is 37.1 Å². The highest BCUT2D eigenvalue weighted by molar-refractivity contribution is 7.91. The van der Waals surface area contributed by atoms with E-state index in [-0.39, 0.29) is 32.0 Å². The summed E-state index contributed by atoms with van der Waals surface area (Å²) in [5.41, 5.74) is 0.224. The Balaban J connectivity index is 1.12.